The molecule has 0 amide bonds. The summed E-state index contributed by atoms with van der Waals surface area (Å²) in [5, 5.41) is 0. The molecule has 2 aliphatic heterocycles. The first-order valence-electron chi connectivity index (χ1n) is 10.0. The van der Waals surface area contributed by atoms with Crippen molar-refractivity contribution < 1.29 is 18.9 Å². The zero-order chi connectivity index (χ0) is 20.3. The molecule has 0 aromatic heterocycles. The number of hydrogen-bond donors (Lipinski definition) is 1. The lowest BCUT2D eigenvalue weighted by molar-refractivity contribution is 0.173. The Balaban J connectivity index is 1.37. The zero-order valence-corrected chi connectivity index (χ0v) is 16.7. The largest absolute Gasteiger partial charge is 0.454 e. The van der Waals surface area contributed by atoms with Crippen molar-refractivity contribution in [2.45, 2.75) is 26.2 Å². The van der Waals surface area contributed by atoms with Crippen molar-refractivity contribution >= 4 is 0 Å². The molecule has 0 radical (unpaired) electrons. The van der Waals surface area contributed by atoms with Crippen LogP contribution in [0.15, 0.2) is 60.7 Å². The van der Waals surface area contributed by atoms with Crippen molar-refractivity contribution in [1.29, 1.82) is 0 Å². The molecule has 6 nitrogen and oxygen atoms in total. The molecule has 0 aliphatic carbocycles. The van der Waals surface area contributed by atoms with Crippen LogP contribution in [-0.2, 0) is 26.2 Å². The number of ether oxygens (including phenoxy) is 4. The standard InChI is InChI=1S/C24H24N2O4/c25-11-17-1-3-18(4-2-17)12-26(13-19-5-7-21-23(9-19)29-15-27-21)14-20-6-8-22-24(10-20)30-16-28-22/h1-10H,11-16,25H2. The van der Waals surface area contributed by atoms with Gasteiger partial charge in [0.2, 0.25) is 13.6 Å². The number of nitrogens with two attached hydrogens (primary N) is 1. The first-order valence-corrected chi connectivity index (χ1v) is 10.0. The smallest absolute Gasteiger partial charge is 0.231 e. The topological polar surface area (TPSA) is 66.2 Å². The van der Waals surface area contributed by atoms with E-state index in [-0.39, 0.29) is 13.6 Å². The minimum Gasteiger partial charge on any atom is -0.454 e. The molecule has 0 saturated heterocycles. The second kappa shape index (κ2) is 8.26. The van der Waals surface area contributed by atoms with Crippen LogP contribution >= 0.6 is 0 Å². The Morgan fingerprint density at radius 3 is 1.53 bits per heavy atom. The van der Waals surface area contributed by atoms with Gasteiger partial charge in [-0.25, -0.2) is 0 Å². The summed E-state index contributed by atoms with van der Waals surface area (Å²) < 4.78 is 22.0. The Morgan fingerprint density at radius 1 is 0.567 bits per heavy atom. The Morgan fingerprint density at radius 2 is 1.00 bits per heavy atom. The number of fused-ring (bicyclic) bond motifs is 2. The maximum atomic E-state index is 5.74. The quantitative estimate of drug-likeness (QED) is 0.646. The molecule has 5 rings (SSSR count). The van der Waals surface area contributed by atoms with Crippen LogP contribution in [0.3, 0.4) is 0 Å². The fraction of sp³-hybridized carbons (Fsp3) is 0.250. The molecule has 154 valence electrons. The summed E-state index contributed by atoms with van der Waals surface area (Å²) in [6.45, 7) is 3.50. The molecule has 2 N–H and O–H groups in total. The lowest BCUT2D eigenvalue weighted by Crippen LogP contribution is -2.22. The average Bonchev–Trinajstić information content (AvgIpc) is 3.42. The third kappa shape index (κ3) is 4.06. The molecule has 3 aromatic rings. The average molecular weight is 404 g/mol. The zero-order valence-electron chi connectivity index (χ0n) is 16.7. The number of rotatable bonds is 7. The van der Waals surface area contributed by atoms with Crippen molar-refractivity contribution in [2.24, 2.45) is 5.73 Å². The monoisotopic (exact) mass is 404 g/mol. The van der Waals surface area contributed by atoms with Gasteiger partial charge in [0.1, 0.15) is 0 Å². The first kappa shape index (κ1) is 18.8. The lowest BCUT2D eigenvalue weighted by Gasteiger charge is -2.23. The van der Waals surface area contributed by atoms with Gasteiger partial charge in [-0.05, 0) is 46.5 Å². The molecule has 0 fully saturated rings. The van der Waals surface area contributed by atoms with E-state index in [1.165, 1.54) is 16.7 Å². The number of benzene rings is 3. The summed E-state index contributed by atoms with van der Waals surface area (Å²) in [5.74, 6) is 3.22. The summed E-state index contributed by atoms with van der Waals surface area (Å²) >= 11 is 0. The van der Waals surface area contributed by atoms with Crippen molar-refractivity contribution in [1.82, 2.24) is 4.90 Å². The SMILES string of the molecule is NCc1ccc(CN(Cc2ccc3c(c2)OCO3)Cc2ccc3c(c2)OCO3)cc1. The molecule has 0 bridgehead atoms. The highest BCUT2D eigenvalue weighted by molar-refractivity contribution is 5.45. The summed E-state index contributed by atoms with van der Waals surface area (Å²) in [6, 6.07) is 20.7. The second-order valence-corrected chi connectivity index (χ2v) is 7.54. The van der Waals surface area contributed by atoms with E-state index in [9.17, 15) is 0 Å². The number of nitrogens with zero attached hydrogens (tertiary/aromatic N) is 1. The van der Waals surface area contributed by atoms with Crippen LogP contribution in [0.25, 0.3) is 0 Å². The van der Waals surface area contributed by atoms with Gasteiger partial charge in [0.25, 0.3) is 0 Å². The maximum Gasteiger partial charge on any atom is 0.231 e. The van der Waals surface area contributed by atoms with Crippen LogP contribution in [0.2, 0.25) is 0 Å². The minimum atomic E-state index is 0.285. The van der Waals surface area contributed by atoms with E-state index >= 15 is 0 Å². The van der Waals surface area contributed by atoms with Gasteiger partial charge in [-0.15, -0.1) is 0 Å². The van der Waals surface area contributed by atoms with Gasteiger partial charge < -0.3 is 24.7 Å². The minimum absolute atomic E-state index is 0.285. The van der Waals surface area contributed by atoms with E-state index in [4.69, 9.17) is 24.7 Å². The molecule has 0 unspecified atom stereocenters. The maximum absolute atomic E-state index is 5.74. The number of hydrogen-bond acceptors (Lipinski definition) is 6. The molecule has 0 atom stereocenters. The third-order valence-electron chi connectivity index (χ3n) is 5.35. The van der Waals surface area contributed by atoms with Crippen LogP contribution in [-0.4, -0.2) is 18.5 Å². The predicted octanol–water partition coefficient (Wildman–Crippen LogP) is 3.81. The lowest BCUT2D eigenvalue weighted by atomic mass is 10.1. The fourth-order valence-corrected chi connectivity index (χ4v) is 3.80. The van der Waals surface area contributed by atoms with Crippen molar-refractivity contribution in [3.63, 3.8) is 0 Å². The second-order valence-electron chi connectivity index (χ2n) is 7.54. The molecule has 0 spiro atoms. The van der Waals surface area contributed by atoms with E-state index in [0.29, 0.717) is 6.54 Å². The van der Waals surface area contributed by atoms with Crippen LogP contribution in [0, 0.1) is 0 Å². The van der Waals surface area contributed by atoms with E-state index in [0.717, 1.165) is 48.2 Å². The molecule has 0 saturated carbocycles. The summed E-state index contributed by atoms with van der Waals surface area (Å²) in [7, 11) is 0. The van der Waals surface area contributed by atoms with E-state index in [1.807, 2.05) is 12.1 Å². The van der Waals surface area contributed by atoms with Crippen LogP contribution in [0.5, 0.6) is 23.0 Å². The summed E-state index contributed by atoms with van der Waals surface area (Å²) in [6.07, 6.45) is 0. The molecule has 30 heavy (non-hydrogen) atoms. The molecular formula is C24H24N2O4. The van der Waals surface area contributed by atoms with Gasteiger partial charge >= 0.3 is 0 Å². The first-order chi connectivity index (χ1) is 14.8. The Kier molecular flexibility index (Phi) is 5.17. The molecule has 6 heteroatoms. The van der Waals surface area contributed by atoms with Gasteiger partial charge in [-0.2, -0.15) is 0 Å². The normalized spacial score (nSPS) is 13.8. The highest BCUT2D eigenvalue weighted by atomic mass is 16.7. The highest BCUT2D eigenvalue weighted by Crippen LogP contribution is 2.34. The van der Waals surface area contributed by atoms with Crippen LogP contribution in [0.1, 0.15) is 22.3 Å². The molecule has 3 aromatic carbocycles. The Labute approximate surface area is 175 Å². The molecule has 2 heterocycles. The van der Waals surface area contributed by atoms with Gasteiger partial charge in [0.05, 0.1) is 0 Å². The van der Waals surface area contributed by atoms with Crippen molar-refractivity contribution in [3.05, 3.63) is 82.9 Å². The van der Waals surface area contributed by atoms with Gasteiger partial charge in [0, 0.05) is 26.2 Å². The van der Waals surface area contributed by atoms with Crippen molar-refractivity contribution in [2.75, 3.05) is 13.6 Å². The highest BCUT2D eigenvalue weighted by Gasteiger charge is 2.17. The Hall–Kier alpha value is -3.22. The summed E-state index contributed by atoms with van der Waals surface area (Å²) in [5.41, 5.74) is 10.5. The van der Waals surface area contributed by atoms with Crippen molar-refractivity contribution in [3.8, 4) is 23.0 Å². The van der Waals surface area contributed by atoms with Gasteiger partial charge in [-0.3, -0.25) is 4.90 Å². The third-order valence-corrected chi connectivity index (χ3v) is 5.35. The molecule has 2 aliphatic rings. The van der Waals surface area contributed by atoms with E-state index in [2.05, 4.69) is 53.4 Å². The van der Waals surface area contributed by atoms with E-state index < -0.39 is 0 Å². The predicted molar refractivity (Wildman–Crippen MR) is 112 cm³/mol. The molecular weight excluding hydrogens is 380 g/mol. The van der Waals surface area contributed by atoms with Crippen LogP contribution in [0.4, 0.5) is 0 Å². The Bertz CT molecular complexity index is 976. The van der Waals surface area contributed by atoms with Gasteiger partial charge in [-0.1, -0.05) is 36.4 Å². The summed E-state index contributed by atoms with van der Waals surface area (Å²) in [4.78, 5) is 2.40. The fourth-order valence-electron chi connectivity index (χ4n) is 3.80. The van der Waals surface area contributed by atoms with Gasteiger partial charge in [0.15, 0.2) is 23.0 Å². The van der Waals surface area contributed by atoms with Crippen LogP contribution < -0.4 is 24.7 Å². The van der Waals surface area contributed by atoms with E-state index in [1.54, 1.807) is 0 Å².